The summed E-state index contributed by atoms with van der Waals surface area (Å²) in [5.41, 5.74) is 1.56. The first kappa shape index (κ1) is 21.6. The maximum atomic E-state index is 13.3. The lowest BCUT2D eigenvalue weighted by atomic mass is 9.88. The molecule has 2 fully saturated rings. The molecule has 1 aromatic carbocycles. The van der Waals surface area contributed by atoms with Gasteiger partial charge in [0, 0.05) is 38.3 Å². The standard InChI is InChI=1S/C22H32N4O2S/c1-3-23-22(29)26-14-10-17(11-15-26)19(21(28)25-12-6-7-13-25)24-20(27)18-9-5-4-8-16(18)2/h4-5,8-9,17,19H,3,6-7,10-15H2,1-2H3,(H,23,29)(H,24,27)/t19-/m0/s1. The van der Waals surface area contributed by atoms with Crippen LogP contribution in [0.5, 0.6) is 0 Å². The van der Waals surface area contributed by atoms with Gasteiger partial charge >= 0.3 is 0 Å². The van der Waals surface area contributed by atoms with Crippen molar-refractivity contribution >= 4 is 29.1 Å². The van der Waals surface area contributed by atoms with Gasteiger partial charge in [0.05, 0.1) is 0 Å². The number of carbonyl (C=O) groups is 2. The van der Waals surface area contributed by atoms with Gasteiger partial charge < -0.3 is 20.4 Å². The monoisotopic (exact) mass is 416 g/mol. The molecule has 0 aromatic heterocycles. The number of amides is 2. The van der Waals surface area contributed by atoms with Gasteiger partial charge in [0.2, 0.25) is 5.91 Å². The third-order valence-corrected chi connectivity index (χ3v) is 6.39. The number of carbonyl (C=O) groups excluding carboxylic acids is 2. The molecule has 1 aromatic rings. The molecule has 2 heterocycles. The molecule has 7 heteroatoms. The highest BCUT2D eigenvalue weighted by Crippen LogP contribution is 2.24. The Kier molecular flexibility index (Phi) is 7.47. The van der Waals surface area contributed by atoms with Crippen LogP contribution in [0.2, 0.25) is 0 Å². The van der Waals surface area contributed by atoms with Gasteiger partial charge in [0.25, 0.3) is 5.91 Å². The third-order valence-electron chi connectivity index (χ3n) is 5.99. The number of piperidine rings is 1. The smallest absolute Gasteiger partial charge is 0.252 e. The predicted molar refractivity (Wildman–Crippen MR) is 119 cm³/mol. The van der Waals surface area contributed by atoms with Crippen molar-refractivity contribution in [1.82, 2.24) is 20.4 Å². The molecule has 158 valence electrons. The van der Waals surface area contributed by atoms with E-state index in [1.165, 1.54) is 0 Å². The Morgan fingerprint density at radius 2 is 1.76 bits per heavy atom. The number of benzene rings is 1. The lowest BCUT2D eigenvalue weighted by Crippen LogP contribution is -2.55. The summed E-state index contributed by atoms with van der Waals surface area (Å²) in [5, 5.41) is 7.07. The number of rotatable bonds is 5. The highest BCUT2D eigenvalue weighted by atomic mass is 32.1. The SMILES string of the molecule is CCNC(=S)N1CCC([C@H](NC(=O)c2ccccc2C)C(=O)N2CCCC2)CC1. The van der Waals surface area contributed by atoms with E-state index in [0.29, 0.717) is 5.56 Å². The van der Waals surface area contributed by atoms with Crippen LogP contribution >= 0.6 is 12.2 Å². The van der Waals surface area contributed by atoms with Gasteiger partial charge in [0.1, 0.15) is 6.04 Å². The van der Waals surface area contributed by atoms with Crippen molar-refractivity contribution in [2.24, 2.45) is 5.92 Å². The zero-order valence-electron chi connectivity index (χ0n) is 17.4. The van der Waals surface area contributed by atoms with Crippen molar-refractivity contribution in [3.8, 4) is 0 Å². The van der Waals surface area contributed by atoms with E-state index >= 15 is 0 Å². The summed E-state index contributed by atoms with van der Waals surface area (Å²) in [7, 11) is 0. The Labute approximate surface area is 179 Å². The van der Waals surface area contributed by atoms with E-state index in [2.05, 4.69) is 15.5 Å². The maximum absolute atomic E-state index is 13.3. The molecular weight excluding hydrogens is 384 g/mol. The van der Waals surface area contributed by atoms with Crippen LogP contribution in [-0.2, 0) is 4.79 Å². The second-order valence-corrected chi connectivity index (χ2v) is 8.35. The van der Waals surface area contributed by atoms with E-state index < -0.39 is 6.04 Å². The highest BCUT2D eigenvalue weighted by molar-refractivity contribution is 7.80. The molecule has 2 amide bonds. The zero-order chi connectivity index (χ0) is 20.8. The third kappa shape index (κ3) is 5.26. The van der Waals surface area contributed by atoms with E-state index in [1.807, 2.05) is 43.0 Å². The fraction of sp³-hybridized carbons (Fsp3) is 0.591. The minimum absolute atomic E-state index is 0.0668. The number of hydrogen-bond acceptors (Lipinski definition) is 3. The first-order valence-corrected chi connectivity index (χ1v) is 11.1. The first-order chi connectivity index (χ1) is 14.0. The van der Waals surface area contributed by atoms with Crippen molar-refractivity contribution < 1.29 is 9.59 Å². The van der Waals surface area contributed by atoms with Gasteiger partial charge in [-0.05, 0) is 69.3 Å². The first-order valence-electron chi connectivity index (χ1n) is 10.7. The Morgan fingerprint density at radius 1 is 1.10 bits per heavy atom. The van der Waals surface area contributed by atoms with Crippen LogP contribution in [0.4, 0.5) is 0 Å². The molecule has 2 aliphatic heterocycles. The average Bonchev–Trinajstić information content (AvgIpc) is 3.27. The van der Waals surface area contributed by atoms with Crippen LogP contribution in [0.1, 0.15) is 48.5 Å². The minimum atomic E-state index is -0.477. The van der Waals surface area contributed by atoms with Crippen LogP contribution in [0.15, 0.2) is 24.3 Å². The average molecular weight is 417 g/mol. The van der Waals surface area contributed by atoms with Crippen molar-refractivity contribution in [3.63, 3.8) is 0 Å². The summed E-state index contributed by atoms with van der Waals surface area (Å²) in [6, 6.07) is 7.04. The number of thiocarbonyl (C=S) groups is 1. The van der Waals surface area contributed by atoms with Crippen LogP contribution in [0.25, 0.3) is 0 Å². The van der Waals surface area contributed by atoms with Gasteiger partial charge in [-0.25, -0.2) is 0 Å². The molecule has 0 radical (unpaired) electrons. The lowest BCUT2D eigenvalue weighted by molar-refractivity contribution is -0.134. The van der Waals surface area contributed by atoms with Gasteiger partial charge in [-0.15, -0.1) is 0 Å². The van der Waals surface area contributed by atoms with Crippen molar-refractivity contribution in [2.45, 2.75) is 45.6 Å². The number of nitrogens with one attached hydrogen (secondary N) is 2. The van der Waals surface area contributed by atoms with Crippen LogP contribution in [-0.4, -0.2) is 65.5 Å². The summed E-state index contributed by atoms with van der Waals surface area (Å²) in [5.74, 6) is 0.0279. The number of hydrogen-bond donors (Lipinski definition) is 2. The Bertz CT molecular complexity index is 740. The molecule has 2 saturated heterocycles. The molecule has 29 heavy (non-hydrogen) atoms. The number of aryl methyl sites for hydroxylation is 1. The summed E-state index contributed by atoms with van der Waals surface area (Å²) in [4.78, 5) is 30.3. The molecule has 6 nitrogen and oxygen atoms in total. The summed E-state index contributed by atoms with van der Waals surface area (Å²) < 4.78 is 0. The Hall–Kier alpha value is -2.15. The number of nitrogens with zero attached hydrogens (tertiary/aromatic N) is 2. The molecule has 0 aliphatic carbocycles. The van der Waals surface area contributed by atoms with E-state index in [-0.39, 0.29) is 17.7 Å². The Morgan fingerprint density at radius 3 is 2.38 bits per heavy atom. The normalized spacial score (nSPS) is 18.4. The van der Waals surface area contributed by atoms with Crippen LogP contribution in [0, 0.1) is 12.8 Å². The number of likely N-dealkylation sites (tertiary alicyclic amines) is 2. The fourth-order valence-corrected chi connectivity index (χ4v) is 4.59. The highest BCUT2D eigenvalue weighted by Gasteiger charge is 2.36. The lowest BCUT2D eigenvalue weighted by Gasteiger charge is -2.38. The second kappa shape index (κ2) is 10.1. The van der Waals surface area contributed by atoms with E-state index in [9.17, 15) is 9.59 Å². The summed E-state index contributed by atoms with van der Waals surface area (Å²) in [6.45, 7) is 7.96. The van der Waals surface area contributed by atoms with Gasteiger partial charge in [-0.3, -0.25) is 9.59 Å². The molecule has 1 atom stereocenters. The molecule has 0 saturated carbocycles. The molecular formula is C22H32N4O2S. The summed E-state index contributed by atoms with van der Waals surface area (Å²) in [6.07, 6.45) is 3.76. The topological polar surface area (TPSA) is 64.7 Å². The Balaban J connectivity index is 1.72. The predicted octanol–water partition coefficient (Wildman–Crippen LogP) is 2.32. The minimum Gasteiger partial charge on any atom is -0.363 e. The molecule has 3 rings (SSSR count). The van der Waals surface area contributed by atoms with Gasteiger partial charge in [0.15, 0.2) is 5.11 Å². The largest absolute Gasteiger partial charge is 0.363 e. The van der Waals surface area contributed by atoms with Crippen molar-refractivity contribution in [1.29, 1.82) is 0 Å². The maximum Gasteiger partial charge on any atom is 0.252 e. The van der Waals surface area contributed by atoms with Crippen molar-refractivity contribution in [2.75, 3.05) is 32.7 Å². The zero-order valence-corrected chi connectivity index (χ0v) is 18.3. The van der Waals surface area contributed by atoms with E-state index in [1.54, 1.807) is 0 Å². The quantitative estimate of drug-likeness (QED) is 0.722. The second-order valence-electron chi connectivity index (χ2n) is 7.96. The van der Waals surface area contributed by atoms with E-state index in [4.69, 9.17) is 12.2 Å². The van der Waals surface area contributed by atoms with E-state index in [0.717, 1.165) is 69.1 Å². The summed E-state index contributed by atoms with van der Waals surface area (Å²) >= 11 is 5.43. The molecule has 0 bridgehead atoms. The molecule has 2 N–H and O–H groups in total. The van der Waals surface area contributed by atoms with Crippen LogP contribution < -0.4 is 10.6 Å². The van der Waals surface area contributed by atoms with Gasteiger partial charge in [-0.1, -0.05) is 18.2 Å². The van der Waals surface area contributed by atoms with Gasteiger partial charge in [-0.2, -0.15) is 0 Å². The molecule has 2 aliphatic rings. The molecule has 0 spiro atoms. The molecule has 0 unspecified atom stereocenters. The van der Waals surface area contributed by atoms with Crippen LogP contribution in [0.3, 0.4) is 0 Å². The fourth-order valence-electron chi connectivity index (χ4n) is 4.26. The van der Waals surface area contributed by atoms with Crippen molar-refractivity contribution in [3.05, 3.63) is 35.4 Å².